The topological polar surface area (TPSA) is 90.4 Å². The molecule has 0 spiro atoms. The first kappa shape index (κ1) is 25.8. The summed E-state index contributed by atoms with van der Waals surface area (Å²) < 4.78 is 66.1. The van der Waals surface area contributed by atoms with Crippen molar-refractivity contribution in [3.05, 3.63) is 100 Å². The number of rotatable bonds is 5. The molecule has 4 rings (SSSR count). The van der Waals surface area contributed by atoms with Crippen molar-refractivity contribution in [2.45, 2.75) is 12.6 Å². The van der Waals surface area contributed by atoms with Crippen molar-refractivity contribution in [1.82, 2.24) is 15.5 Å². The number of nitrogens with one attached hydrogen (secondary N) is 2. The average molecular weight is 535 g/mol. The number of H-pyrrole nitrogens is 1. The molecule has 3 N–H and O–H groups in total. The number of phenolic OH excluding ortho intramolecular Hbond substituents is 1. The van der Waals surface area contributed by atoms with Gasteiger partial charge in [0.15, 0.2) is 11.6 Å². The highest BCUT2D eigenvalue weighted by Gasteiger charge is 2.30. The van der Waals surface area contributed by atoms with Gasteiger partial charge in [-0.25, -0.2) is 13.8 Å². The van der Waals surface area contributed by atoms with Gasteiger partial charge in [0, 0.05) is 28.3 Å². The summed E-state index contributed by atoms with van der Waals surface area (Å²) in [6.07, 6.45) is -4.63. The van der Waals surface area contributed by atoms with Crippen LogP contribution in [0.15, 0.2) is 71.7 Å². The molecule has 0 fully saturated rings. The van der Waals surface area contributed by atoms with E-state index in [0.717, 1.165) is 42.5 Å². The molecular weight excluding hydrogens is 519 g/mol. The molecule has 0 saturated carbocycles. The van der Waals surface area contributed by atoms with E-state index in [4.69, 9.17) is 11.6 Å². The van der Waals surface area contributed by atoms with E-state index in [0.29, 0.717) is 17.0 Å². The lowest BCUT2D eigenvalue weighted by atomic mass is 10.1. The van der Waals surface area contributed by atoms with Crippen molar-refractivity contribution in [3.63, 3.8) is 0 Å². The van der Waals surface area contributed by atoms with E-state index < -0.39 is 35.0 Å². The number of alkyl halides is 3. The number of amides is 1. The van der Waals surface area contributed by atoms with E-state index in [2.05, 4.69) is 20.5 Å². The van der Waals surface area contributed by atoms with Gasteiger partial charge in [0.2, 0.25) is 0 Å². The minimum Gasteiger partial charge on any atom is -0.505 e. The molecule has 4 aromatic rings. The Bertz CT molecular complexity index is 1460. The first-order valence-electron chi connectivity index (χ1n) is 10.5. The van der Waals surface area contributed by atoms with E-state index in [1.54, 1.807) is 6.07 Å². The fraction of sp³-hybridized carbons (Fsp3) is 0.0800. The highest BCUT2D eigenvalue weighted by Crippen LogP contribution is 2.29. The Morgan fingerprint density at radius 1 is 1.03 bits per heavy atom. The zero-order valence-corrected chi connectivity index (χ0v) is 19.3. The second-order valence-electron chi connectivity index (χ2n) is 7.84. The van der Waals surface area contributed by atoms with Crippen molar-refractivity contribution < 1.29 is 31.9 Å². The Morgan fingerprint density at radius 3 is 2.41 bits per heavy atom. The second kappa shape index (κ2) is 10.4. The van der Waals surface area contributed by atoms with E-state index in [-0.39, 0.29) is 28.5 Å². The molecule has 1 heterocycles. The van der Waals surface area contributed by atoms with Crippen molar-refractivity contribution >= 4 is 29.0 Å². The summed E-state index contributed by atoms with van der Waals surface area (Å²) in [5, 5.41) is 18.8. The molecule has 37 heavy (non-hydrogen) atoms. The van der Waals surface area contributed by atoms with Crippen molar-refractivity contribution in [2.75, 3.05) is 0 Å². The maximum absolute atomic E-state index is 13.8. The Balaban J connectivity index is 1.62. The van der Waals surface area contributed by atoms with Crippen LogP contribution >= 0.6 is 11.6 Å². The lowest BCUT2D eigenvalue weighted by Crippen LogP contribution is -2.32. The maximum atomic E-state index is 13.8. The number of aromatic nitrogens is 2. The number of carbonyl (C=O) groups is 1. The highest BCUT2D eigenvalue weighted by molar-refractivity contribution is 6.30. The molecule has 1 amide bonds. The predicted octanol–water partition coefficient (Wildman–Crippen LogP) is 6.44. The van der Waals surface area contributed by atoms with Gasteiger partial charge in [0.05, 0.1) is 16.9 Å². The van der Waals surface area contributed by atoms with Gasteiger partial charge in [-0.15, -0.1) is 0 Å². The van der Waals surface area contributed by atoms with E-state index >= 15 is 0 Å². The molecule has 0 bridgehead atoms. The summed E-state index contributed by atoms with van der Waals surface area (Å²) in [5.41, 5.74) is 0.203. The molecule has 190 valence electrons. The van der Waals surface area contributed by atoms with Gasteiger partial charge < -0.3 is 10.4 Å². The van der Waals surface area contributed by atoms with Crippen LogP contribution in [0.1, 0.15) is 21.6 Å². The van der Waals surface area contributed by atoms with Gasteiger partial charge in [0.25, 0.3) is 5.91 Å². The summed E-state index contributed by atoms with van der Waals surface area (Å²) in [5.74, 6) is -2.78. The summed E-state index contributed by atoms with van der Waals surface area (Å²) in [4.78, 5) is 17.0. The van der Waals surface area contributed by atoms with Gasteiger partial charge in [0.1, 0.15) is 11.7 Å². The van der Waals surface area contributed by atoms with Crippen LogP contribution in [0.3, 0.4) is 0 Å². The number of aromatic hydroxyl groups is 1. The first-order valence-corrected chi connectivity index (χ1v) is 10.9. The minimum atomic E-state index is -4.56. The Kier molecular flexibility index (Phi) is 7.25. The number of aliphatic imine (C=N–C) groups is 1. The van der Waals surface area contributed by atoms with Crippen LogP contribution in [0.4, 0.5) is 27.6 Å². The average Bonchev–Trinajstić information content (AvgIpc) is 3.28. The molecule has 0 radical (unpaired) electrons. The Labute approximate surface area is 211 Å². The van der Waals surface area contributed by atoms with Crippen molar-refractivity contribution in [1.29, 1.82) is 0 Å². The van der Waals surface area contributed by atoms with Gasteiger partial charge in [-0.2, -0.15) is 18.3 Å². The third kappa shape index (κ3) is 6.50. The lowest BCUT2D eigenvalue weighted by molar-refractivity contribution is -0.137. The van der Waals surface area contributed by atoms with Crippen LogP contribution in [0.5, 0.6) is 5.75 Å². The Morgan fingerprint density at radius 2 is 1.76 bits per heavy atom. The standard InChI is InChI=1S/C25H16ClF5N4O2/c26-16-8-17(27)10-18(9-16)32-23(33-24(37)13-1-4-15(5-2-13)25(29,30)31)12-19-11-21(35-34-19)14-3-6-22(36)20(28)7-14/h1-11,36H,12H2,(H,34,35)(H,32,33,37). The molecule has 0 unspecified atom stereocenters. The molecule has 0 atom stereocenters. The molecule has 12 heteroatoms. The molecule has 0 aliphatic rings. The quantitative estimate of drug-likeness (QED) is 0.156. The number of aromatic amines is 1. The molecule has 3 aromatic carbocycles. The molecule has 0 aliphatic carbocycles. The maximum Gasteiger partial charge on any atom is 0.416 e. The van der Waals surface area contributed by atoms with E-state index in [1.165, 1.54) is 18.2 Å². The van der Waals surface area contributed by atoms with Crippen LogP contribution < -0.4 is 5.32 Å². The van der Waals surface area contributed by atoms with Crippen molar-refractivity contribution in [2.24, 2.45) is 4.99 Å². The molecular formula is C25H16ClF5N4O2. The minimum absolute atomic E-state index is 0.00125. The number of carbonyl (C=O) groups excluding carboxylic acids is 1. The number of benzene rings is 3. The summed E-state index contributed by atoms with van der Waals surface area (Å²) >= 11 is 5.89. The fourth-order valence-electron chi connectivity index (χ4n) is 3.33. The Hall–Kier alpha value is -4.25. The molecule has 6 nitrogen and oxygen atoms in total. The van der Waals surface area contributed by atoms with Crippen LogP contribution in [-0.4, -0.2) is 27.0 Å². The third-order valence-corrected chi connectivity index (χ3v) is 5.29. The normalized spacial score (nSPS) is 12.0. The van der Waals surface area contributed by atoms with Crippen molar-refractivity contribution in [3.8, 4) is 17.0 Å². The van der Waals surface area contributed by atoms with Crippen LogP contribution in [0, 0.1) is 11.6 Å². The van der Waals surface area contributed by atoms with Gasteiger partial charge >= 0.3 is 6.18 Å². The number of nitrogens with zero attached hydrogens (tertiary/aromatic N) is 2. The van der Waals surface area contributed by atoms with E-state index in [9.17, 15) is 31.9 Å². The fourth-order valence-corrected chi connectivity index (χ4v) is 3.55. The molecule has 1 aromatic heterocycles. The van der Waals surface area contributed by atoms with Gasteiger partial charge in [-0.05, 0) is 66.7 Å². The molecule has 0 aliphatic heterocycles. The van der Waals surface area contributed by atoms with Gasteiger partial charge in [-0.3, -0.25) is 9.89 Å². The smallest absolute Gasteiger partial charge is 0.416 e. The third-order valence-electron chi connectivity index (χ3n) is 5.08. The largest absolute Gasteiger partial charge is 0.505 e. The van der Waals surface area contributed by atoms with Crippen LogP contribution in [-0.2, 0) is 12.6 Å². The predicted molar refractivity (Wildman–Crippen MR) is 127 cm³/mol. The second-order valence-corrected chi connectivity index (χ2v) is 8.27. The van der Waals surface area contributed by atoms with Gasteiger partial charge in [-0.1, -0.05) is 11.6 Å². The number of halogens is 6. The zero-order valence-electron chi connectivity index (χ0n) is 18.6. The number of hydrogen-bond donors (Lipinski definition) is 3. The zero-order chi connectivity index (χ0) is 26.7. The van der Waals surface area contributed by atoms with Crippen LogP contribution in [0.2, 0.25) is 5.02 Å². The summed E-state index contributed by atoms with van der Waals surface area (Å²) in [6, 6.07) is 12.3. The number of amidine groups is 1. The number of phenols is 1. The molecule has 0 saturated heterocycles. The highest BCUT2D eigenvalue weighted by atomic mass is 35.5. The SMILES string of the molecule is O=C(NC(Cc1cc(-c2ccc(O)c(F)c2)n[nH]1)=Nc1cc(F)cc(Cl)c1)c1ccc(C(F)(F)F)cc1. The lowest BCUT2D eigenvalue weighted by Gasteiger charge is -2.10. The van der Waals surface area contributed by atoms with E-state index in [1.807, 2.05) is 0 Å². The summed E-state index contributed by atoms with van der Waals surface area (Å²) in [7, 11) is 0. The monoisotopic (exact) mass is 534 g/mol. The summed E-state index contributed by atoms with van der Waals surface area (Å²) in [6.45, 7) is 0. The number of hydrogen-bond acceptors (Lipinski definition) is 4. The van der Waals surface area contributed by atoms with Crippen LogP contribution in [0.25, 0.3) is 11.3 Å². The first-order chi connectivity index (χ1) is 17.5.